The van der Waals surface area contributed by atoms with Crippen LogP contribution >= 0.6 is 0 Å². The van der Waals surface area contributed by atoms with Crippen LogP contribution in [0.2, 0.25) is 0 Å². The highest BCUT2D eigenvalue weighted by Crippen LogP contribution is 2.27. The molecule has 0 spiro atoms. The molecule has 124 valence electrons. The van der Waals surface area contributed by atoms with E-state index in [9.17, 15) is 4.79 Å². The fraction of sp³-hybridized carbons (Fsp3) is 0.474. The predicted octanol–water partition coefficient (Wildman–Crippen LogP) is 4.04. The summed E-state index contributed by atoms with van der Waals surface area (Å²) in [6, 6.07) is 6.17. The van der Waals surface area contributed by atoms with Crippen LogP contribution in [0.5, 0.6) is 0 Å². The van der Waals surface area contributed by atoms with Gasteiger partial charge in [0.25, 0.3) is 0 Å². The zero-order valence-electron chi connectivity index (χ0n) is 15.0. The summed E-state index contributed by atoms with van der Waals surface area (Å²) >= 11 is 0. The molecule has 1 aromatic heterocycles. The number of nitrogens with zero attached hydrogens (tertiary/aromatic N) is 2. The van der Waals surface area contributed by atoms with E-state index in [1.165, 1.54) is 11.1 Å². The number of rotatable bonds is 5. The molecule has 0 aliphatic carbocycles. The van der Waals surface area contributed by atoms with Gasteiger partial charge in [0.05, 0.1) is 5.69 Å². The minimum atomic E-state index is 0.0591. The molecule has 0 aliphatic heterocycles. The first-order valence-corrected chi connectivity index (χ1v) is 8.19. The second kappa shape index (κ2) is 6.99. The second-order valence-electron chi connectivity index (χ2n) is 6.51. The van der Waals surface area contributed by atoms with Gasteiger partial charge in [0.15, 0.2) is 0 Å². The number of nitrogens with one attached hydrogen (secondary N) is 1. The van der Waals surface area contributed by atoms with Gasteiger partial charge < -0.3 is 5.32 Å². The van der Waals surface area contributed by atoms with Gasteiger partial charge in [0, 0.05) is 24.8 Å². The van der Waals surface area contributed by atoms with Crippen LogP contribution in [-0.4, -0.2) is 15.7 Å². The lowest BCUT2D eigenvalue weighted by Gasteiger charge is -2.16. The quantitative estimate of drug-likeness (QED) is 0.905. The molecule has 0 aliphatic rings. The number of hydrogen-bond donors (Lipinski definition) is 1. The molecule has 0 saturated carbocycles. The third-order valence-corrected chi connectivity index (χ3v) is 4.45. The van der Waals surface area contributed by atoms with E-state index in [1.54, 1.807) is 0 Å². The number of para-hydroxylation sites is 1. The summed E-state index contributed by atoms with van der Waals surface area (Å²) in [7, 11) is 1.94. The van der Waals surface area contributed by atoms with E-state index in [0.29, 0.717) is 12.3 Å². The van der Waals surface area contributed by atoms with E-state index in [4.69, 9.17) is 0 Å². The van der Waals surface area contributed by atoms with Crippen LogP contribution < -0.4 is 5.32 Å². The molecule has 0 bridgehead atoms. The number of anilines is 1. The van der Waals surface area contributed by atoms with Crippen LogP contribution in [0.4, 0.5) is 5.69 Å². The number of aryl methyl sites for hydroxylation is 3. The van der Waals surface area contributed by atoms with Crippen molar-refractivity contribution >= 4 is 11.6 Å². The molecule has 0 radical (unpaired) electrons. The van der Waals surface area contributed by atoms with E-state index in [1.807, 2.05) is 44.6 Å². The Morgan fingerprint density at radius 3 is 2.52 bits per heavy atom. The highest BCUT2D eigenvalue weighted by atomic mass is 16.1. The van der Waals surface area contributed by atoms with Gasteiger partial charge in [-0.25, -0.2) is 0 Å². The molecule has 2 rings (SSSR count). The smallest absolute Gasteiger partial charge is 0.224 e. The topological polar surface area (TPSA) is 46.9 Å². The molecular weight excluding hydrogens is 286 g/mol. The van der Waals surface area contributed by atoms with Gasteiger partial charge in [-0.1, -0.05) is 32.0 Å². The van der Waals surface area contributed by atoms with Crippen LogP contribution in [-0.2, 0) is 18.3 Å². The first kappa shape index (κ1) is 17.3. The van der Waals surface area contributed by atoms with E-state index < -0.39 is 0 Å². The Bertz CT molecular complexity index is 714. The fourth-order valence-electron chi connectivity index (χ4n) is 2.96. The van der Waals surface area contributed by atoms with Gasteiger partial charge in [-0.2, -0.15) is 5.10 Å². The van der Waals surface area contributed by atoms with Crippen LogP contribution in [0.15, 0.2) is 18.2 Å². The molecule has 0 saturated heterocycles. The number of hydrogen-bond acceptors (Lipinski definition) is 2. The van der Waals surface area contributed by atoms with Crippen molar-refractivity contribution < 1.29 is 4.79 Å². The maximum absolute atomic E-state index is 12.4. The summed E-state index contributed by atoms with van der Waals surface area (Å²) in [5.41, 5.74) is 6.58. The molecule has 2 aromatic rings. The number of aromatic nitrogens is 2. The van der Waals surface area contributed by atoms with Crippen LogP contribution in [0.3, 0.4) is 0 Å². The number of carbonyl (C=O) groups excluding carboxylic acids is 1. The molecule has 1 aromatic carbocycles. The van der Waals surface area contributed by atoms with Crippen LogP contribution in [0, 0.1) is 20.8 Å². The lowest BCUT2D eigenvalue weighted by atomic mass is 9.98. The number of amides is 1. The normalized spacial score (nSPS) is 11.1. The molecular formula is C19H27N3O. The van der Waals surface area contributed by atoms with Gasteiger partial charge >= 0.3 is 0 Å². The van der Waals surface area contributed by atoms with Crippen molar-refractivity contribution in [3.8, 4) is 0 Å². The summed E-state index contributed by atoms with van der Waals surface area (Å²) in [6.45, 7) is 10.4. The Morgan fingerprint density at radius 1 is 1.26 bits per heavy atom. The third kappa shape index (κ3) is 3.81. The van der Waals surface area contributed by atoms with Crippen molar-refractivity contribution in [1.29, 1.82) is 0 Å². The standard InChI is InChI=1S/C19H27N3O/c1-12(2)16-9-7-8-13(3)19(16)20-18(23)11-10-17-14(4)21-22(6)15(17)5/h7-9,12H,10-11H2,1-6H3,(H,20,23). The molecule has 1 heterocycles. The first-order valence-electron chi connectivity index (χ1n) is 8.19. The molecule has 23 heavy (non-hydrogen) atoms. The lowest BCUT2D eigenvalue weighted by molar-refractivity contribution is -0.116. The van der Waals surface area contributed by atoms with Crippen LogP contribution in [0.25, 0.3) is 0 Å². The van der Waals surface area contributed by atoms with Gasteiger partial charge in [0.2, 0.25) is 5.91 Å². The zero-order chi connectivity index (χ0) is 17.1. The molecule has 1 N–H and O–H groups in total. The summed E-state index contributed by atoms with van der Waals surface area (Å²) in [4.78, 5) is 12.4. The first-order chi connectivity index (χ1) is 10.8. The summed E-state index contributed by atoms with van der Waals surface area (Å²) < 4.78 is 1.88. The Morgan fingerprint density at radius 2 is 1.96 bits per heavy atom. The monoisotopic (exact) mass is 313 g/mol. The van der Waals surface area contributed by atoms with E-state index in [2.05, 4.69) is 30.3 Å². The molecule has 0 fully saturated rings. The van der Waals surface area contributed by atoms with Gasteiger partial charge in [-0.3, -0.25) is 9.48 Å². The van der Waals surface area contributed by atoms with E-state index in [0.717, 1.165) is 29.1 Å². The SMILES string of the molecule is Cc1cccc(C(C)C)c1NC(=O)CCc1c(C)nn(C)c1C. The Labute approximate surface area is 138 Å². The molecule has 0 atom stereocenters. The van der Waals surface area contributed by atoms with Crippen molar-refractivity contribution in [2.24, 2.45) is 7.05 Å². The van der Waals surface area contributed by atoms with Gasteiger partial charge in [-0.05, 0) is 49.8 Å². The highest BCUT2D eigenvalue weighted by Gasteiger charge is 2.14. The van der Waals surface area contributed by atoms with Crippen molar-refractivity contribution in [3.63, 3.8) is 0 Å². The van der Waals surface area contributed by atoms with Crippen molar-refractivity contribution in [1.82, 2.24) is 9.78 Å². The third-order valence-electron chi connectivity index (χ3n) is 4.45. The predicted molar refractivity (Wildman–Crippen MR) is 94.9 cm³/mol. The molecule has 0 unspecified atom stereocenters. The number of carbonyl (C=O) groups is 1. The van der Waals surface area contributed by atoms with Crippen molar-refractivity contribution in [2.45, 2.75) is 53.4 Å². The van der Waals surface area contributed by atoms with Crippen LogP contribution in [0.1, 0.15) is 54.3 Å². The fourth-order valence-corrected chi connectivity index (χ4v) is 2.96. The minimum Gasteiger partial charge on any atom is -0.326 e. The number of benzene rings is 1. The summed E-state index contributed by atoms with van der Waals surface area (Å²) in [6.07, 6.45) is 1.19. The van der Waals surface area contributed by atoms with Crippen molar-refractivity contribution in [3.05, 3.63) is 46.3 Å². The van der Waals surface area contributed by atoms with E-state index in [-0.39, 0.29) is 5.91 Å². The molecule has 4 nitrogen and oxygen atoms in total. The lowest BCUT2D eigenvalue weighted by Crippen LogP contribution is -2.15. The largest absolute Gasteiger partial charge is 0.326 e. The average molecular weight is 313 g/mol. The Hall–Kier alpha value is -2.10. The second-order valence-corrected chi connectivity index (χ2v) is 6.51. The molecule has 4 heteroatoms. The Balaban J connectivity index is 2.09. The maximum atomic E-state index is 12.4. The Kier molecular flexibility index (Phi) is 5.24. The van der Waals surface area contributed by atoms with Gasteiger partial charge in [-0.15, -0.1) is 0 Å². The average Bonchev–Trinajstić information content (AvgIpc) is 2.72. The maximum Gasteiger partial charge on any atom is 0.224 e. The van der Waals surface area contributed by atoms with Gasteiger partial charge in [0.1, 0.15) is 0 Å². The van der Waals surface area contributed by atoms with E-state index >= 15 is 0 Å². The summed E-state index contributed by atoms with van der Waals surface area (Å²) in [5.74, 6) is 0.442. The minimum absolute atomic E-state index is 0.0591. The highest BCUT2D eigenvalue weighted by molar-refractivity contribution is 5.92. The van der Waals surface area contributed by atoms with Crippen molar-refractivity contribution in [2.75, 3.05) is 5.32 Å². The summed E-state index contributed by atoms with van der Waals surface area (Å²) in [5, 5.41) is 7.52. The zero-order valence-corrected chi connectivity index (χ0v) is 15.0. The molecule has 1 amide bonds.